The van der Waals surface area contributed by atoms with Crippen molar-refractivity contribution in [2.24, 2.45) is 0 Å². The van der Waals surface area contributed by atoms with Crippen LogP contribution < -0.4 is 5.73 Å². The summed E-state index contributed by atoms with van der Waals surface area (Å²) < 4.78 is 37.4. The van der Waals surface area contributed by atoms with Crippen LogP contribution in [0.3, 0.4) is 0 Å². The standard InChI is InChI=1S/C7H5F3N2O2/c8-4-2(7(13)14)1-12-6(11)3(4)5(9)10/h1,5H,(H2,11,12)(H,13,14). The summed E-state index contributed by atoms with van der Waals surface area (Å²) in [6, 6.07) is 0. The van der Waals surface area contributed by atoms with Crippen molar-refractivity contribution in [3.05, 3.63) is 23.1 Å². The topological polar surface area (TPSA) is 76.2 Å². The fraction of sp³-hybridized carbons (Fsp3) is 0.143. The molecule has 0 saturated heterocycles. The van der Waals surface area contributed by atoms with Crippen LogP contribution in [0.2, 0.25) is 0 Å². The van der Waals surface area contributed by atoms with E-state index in [2.05, 4.69) is 4.98 Å². The maximum absolute atomic E-state index is 13.1. The maximum Gasteiger partial charge on any atom is 0.340 e. The number of anilines is 1. The first-order valence-corrected chi connectivity index (χ1v) is 3.40. The highest BCUT2D eigenvalue weighted by molar-refractivity contribution is 5.88. The lowest BCUT2D eigenvalue weighted by atomic mass is 10.1. The van der Waals surface area contributed by atoms with Crippen molar-refractivity contribution in [1.29, 1.82) is 0 Å². The zero-order chi connectivity index (χ0) is 10.9. The predicted molar refractivity (Wildman–Crippen MR) is 40.5 cm³/mol. The summed E-state index contributed by atoms with van der Waals surface area (Å²) in [5.74, 6) is -3.92. The van der Waals surface area contributed by atoms with Gasteiger partial charge in [-0.15, -0.1) is 0 Å². The number of rotatable bonds is 2. The number of nitrogens with two attached hydrogens (primary N) is 1. The lowest BCUT2D eigenvalue weighted by Crippen LogP contribution is -2.09. The first-order valence-electron chi connectivity index (χ1n) is 3.40. The molecule has 0 aromatic carbocycles. The minimum absolute atomic E-state index is 0.596. The molecule has 4 nitrogen and oxygen atoms in total. The summed E-state index contributed by atoms with van der Waals surface area (Å²) in [6.07, 6.45) is -2.60. The highest BCUT2D eigenvalue weighted by Crippen LogP contribution is 2.27. The fourth-order valence-corrected chi connectivity index (χ4v) is 0.875. The van der Waals surface area contributed by atoms with Gasteiger partial charge in [0, 0.05) is 6.20 Å². The van der Waals surface area contributed by atoms with Crippen molar-refractivity contribution >= 4 is 11.8 Å². The van der Waals surface area contributed by atoms with Gasteiger partial charge in [-0.05, 0) is 0 Å². The molecule has 0 radical (unpaired) electrons. The SMILES string of the molecule is Nc1ncc(C(=O)O)c(F)c1C(F)F. The smallest absolute Gasteiger partial charge is 0.340 e. The monoisotopic (exact) mass is 206 g/mol. The molecule has 0 aliphatic heterocycles. The van der Waals surface area contributed by atoms with Crippen LogP contribution in [0.25, 0.3) is 0 Å². The minimum atomic E-state index is -3.19. The number of pyridine rings is 1. The van der Waals surface area contributed by atoms with Crippen LogP contribution in [0.5, 0.6) is 0 Å². The second kappa shape index (κ2) is 3.52. The molecule has 1 aromatic heterocycles. The molecule has 0 unspecified atom stereocenters. The van der Waals surface area contributed by atoms with E-state index >= 15 is 0 Å². The number of hydrogen-bond acceptors (Lipinski definition) is 3. The van der Waals surface area contributed by atoms with Crippen LogP contribution in [0.4, 0.5) is 19.0 Å². The number of carboxylic acids is 1. The second-order valence-electron chi connectivity index (χ2n) is 2.39. The van der Waals surface area contributed by atoms with E-state index in [-0.39, 0.29) is 0 Å². The number of nitrogen functional groups attached to an aromatic ring is 1. The van der Waals surface area contributed by atoms with E-state index in [4.69, 9.17) is 10.8 Å². The number of aromatic carboxylic acids is 1. The molecule has 14 heavy (non-hydrogen) atoms. The molecule has 3 N–H and O–H groups in total. The average molecular weight is 206 g/mol. The number of carboxylic acid groups (broad SMARTS) is 1. The number of hydrogen-bond donors (Lipinski definition) is 2. The van der Waals surface area contributed by atoms with Crippen LogP contribution in [0.1, 0.15) is 22.3 Å². The first-order chi connectivity index (χ1) is 6.45. The minimum Gasteiger partial charge on any atom is -0.478 e. The van der Waals surface area contributed by atoms with E-state index in [1.165, 1.54) is 0 Å². The van der Waals surface area contributed by atoms with E-state index in [0.29, 0.717) is 6.20 Å². The molecule has 7 heteroatoms. The van der Waals surface area contributed by atoms with Gasteiger partial charge in [0.1, 0.15) is 11.4 Å². The lowest BCUT2D eigenvalue weighted by molar-refractivity contribution is 0.0690. The average Bonchev–Trinajstić information content (AvgIpc) is 2.02. The zero-order valence-electron chi connectivity index (χ0n) is 6.67. The fourth-order valence-electron chi connectivity index (χ4n) is 0.875. The highest BCUT2D eigenvalue weighted by Gasteiger charge is 2.23. The van der Waals surface area contributed by atoms with E-state index in [1.807, 2.05) is 0 Å². The van der Waals surface area contributed by atoms with Gasteiger partial charge >= 0.3 is 5.97 Å². The van der Waals surface area contributed by atoms with Gasteiger partial charge in [0.2, 0.25) is 0 Å². The van der Waals surface area contributed by atoms with Crippen molar-refractivity contribution in [1.82, 2.24) is 4.98 Å². The van der Waals surface area contributed by atoms with Crippen LogP contribution in [0.15, 0.2) is 6.20 Å². The predicted octanol–water partition coefficient (Wildman–Crippen LogP) is 1.44. The van der Waals surface area contributed by atoms with E-state index in [1.54, 1.807) is 0 Å². The van der Waals surface area contributed by atoms with Crippen molar-refractivity contribution in [3.8, 4) is 0 Å². The third-order valence-corrected chi connectivity index (χ3v) is 1.53. The Balaban J connectivity index is 3.41. The number of carbonyl (C=O) groups is 1. The molecule has 0 amide bonds. The molecule has 0 saturated carbocycles. The Labute approximate surface area is 76.2 Å². The van der Waals surface area contributed by atoms with Crippen molar-refractivity contribution in [2.45, 2.75) is 6.43 Å². The van der Waals surface area contributed by atoms with Crippen LogP contribution in [0, 0.1) is 5.82 Å². The highest BCUT2D eigenvalue weighted by atomic mass is 19.3. The van der Waals surface area contributed by atoms with Gasteiger partial charge in [-0.25, -0.2) is 22.9 Å². The van der Waals surface area contributed by atoms with Crippen LogP contribution >= 0.6 is 0 Å². The summed E-state index contributed by atoms with van der Waals surface area (Å²) in [5.41, 5.74) is 2.87. The molecular formula is C7H5F3N2O2. The Morgan fingerprint density at radius 3 is 2.57 bits per heavy atom. The van der Waals surface area contributed by atoms with Crippen molar-refractivity contribution < 1.29 is 23.1 Å². The van der Waals surface area contributed by atoms with Gasteiger partial charge in [-0.3, -0.25) is 0 Å². The molecule has 0 aliphatic carbocycles. The van der Waals surface area contributed by atoms with Gasteiger partial charge in [0.15, 0.2) is 5.82 Å². The second-order valence-corrected chi connectivity index (χ2v) is 2.39. The van der Waals surface area contributed by atoms with Crippen molar-refractivity contribution in [3.63, 3.8) is 0 Å². The Kier molecular flexibility index (Phi) is 2.59. The quantitative estimate of drug-likeness (QED) is 0.767. The molecule has 0 bridgehead atoms. The Morgan fingerprint density at radius 2 is 2.14 bits per heavy atom. The van der Waals surface area contributed by atoms with E-state index in [9.17, 15) is 18.0 Å². The summed E-state index contributed by atoms with van der Waals surface area (Å²) in [5, 5.41) is 8.40. The molecule has 0 atom stereocenters. The molecule has 1 rings (SSSR count). The Hall–Kier alpha value is -1.79. The molecule has 76 valence electrons. The lowest BCUT2D eigenvalue weighted by Gasteiger charge is -2.06. The molecule has 0 fully saturated rings. The number of aromatic nitrogens is 1. The molecular weight excluding hydrogens is 201 g/mol. The largest absolute Gasteiger partial charge is 0.478 e. The van der Waals surface area contributed by atoms with Gasteiger partial charge in [-0.2, -0.15) is 0 Å². The van der Waals surface area contributed by atoms with Gasteiger partial charge in [0.05, 0.1) is 5.56 Å². The van der Waals surface area contributed by atoms with Crippen LogP contribution in [-0.2, 0) is 0 Å². The maximum atomic E-state index is 13.1. The summed E-state index contributed by atoms with van der Waals surface area (Å²) in [6.45, 7) is 0. The molecule has 0 aliphatic rings. The van der Waals surface area contributed by atoms with Gasteiger partial charge < -0.3 is 10.8 Å². The Morgan fingerprint density at radius 1 is 1.57 bits per heavy atom. The third-order valence-electron chi connectivity index (χ3n) is 1.53. The first kappa shape index (κ1) is 10.3. The molecule has 1 heterocycles. The van der Waals surface area contributed by atoms with Gasteiger partial charge in [-0.1, -0.05) is 0 Å². The normalized spacial score (nSPS) is 10.6. The van der Waals surface area contributed by atoms with Crippen molar-refractivity contribution in [2.75, 3.05) is 5.73 Å². The van der Waals surface area contributed by atoms with E-state index < -0.39 is 35.2 Å². The number of nitrogens with zero attached hydrogens (tertiary/aromatic N) is 1. The summed E-state index contributed by atoms with van der Waals surface area (Å²) in [7, 11) is 0. The summed E-state index contributed by atoms with van der Waals surface area (Å²) >= 11 is 0. The molecule has 0 spiro atoms. The number of halogens is 3. The molecule has 1 aromatic rings. The Bertz CT molecular complexity index is 381. The third kappa shape index (κ3) is 1.61. The van der Waals surface area contributed by atoms with Gasteiger partial charge in [0.25, 0.3) is 6.43 Å². The zero-order valence-corrected chi connectivity index (χ0v) is 6.67. The summed E-state index contributed by atoms with van der Waals surface area (Å²) in [4.78, 5) is 13.5. The van der Waals surface area contributed by atoms with Crippen LogP contribution in [-0.4, -0.2) is 16.1 Å². The number of alkyl halides is 2. The van der Waals surface area contributed by atoms with E-state index in [0.717, 1.165) is 0 Å².